The van der Waals surface area contributed by atoms with Crippen molar-refractivity contribution >= 4 is 8.80 Å². The summed E-state index contributed by atoms with van der Waals surface area (Å²) in [5, 5.41) is 3.49. The average Bonchev–Trinajstić information content (AvgIpc) is 2.49. The molecule has 0 spiro atoms. The van der Waals surface area contributed by atoms with Gasteiger partial charge in [0.15, 0.2) is 0 Å². The Morgan fingerprint density at radius 3 is 1.75 bits per heavy atom. The van der Waals surface area contributed by atoms with Gasteiger partial charge in [0.2, 0.25) is 0 Å². The summed E-state index contributed by atoms with van der Waals surface area (Å²) in [6.45, 7) is 4.40. The molecule has 0 bridgehead atoms. The van der Waals surface area contributed by atoms with Gasteiger partial charge in [0, 0.05) is 27.4 Å². The Balaban J connectivity index is 3.32. The highest BCUT2D eigenvalue weighted by atomic mass is 28.4. The molecule has 0 aromatic rings. The summed E-state index contributed by atoms with van der Waals surface area (Å²) >= 11 is 0. The van der Waals surface area contributed by atoms with E-state index in [-0.39, 0.29) is 0 Å². The summed E-state index contributed by atoms with van der Waals surface area (Å²) in [7, 11) is 2.66. The van der Waals surface area contributed by atoms with Gasteiger partial charge in [-0.3, -0.25) is 0 Å². The highest BCUT2D eigenvalue weighted by molar-refractivity contribution is 6.60. The molecule has 0 atom stereocenters. The molecule has 0 aliphatic rings. The number of hydrogen-bond acceptors (Lipinski definition) is 4. The highest BCUT2D eigenvalue weighted by Gasteiger charge is 2.36. The molecule has 20 heavy (non-hydrogen) atoms. The fraction of sp³-hybridized carbons (Fsp3) is 1.00. The minimum atomic E-state index is -2.35. The first-order chi connectivity index (χ1) is 9.74. The molecule has 0 radical (unpaired) electrons. The van der Waals surface area contributed by atoms with E-state index in [2.05, 4.69) is 12.2 Å². The summed E-state index contributed by atoms with van der Waals surface area (Å²) in [5.41, 5.74) is 0. The summed E-state index contributed by atoms with van der Waals surface area (Å²) in [6.07, 6.45) is 10.6. The van der Waals surface area contributed by atoms with Gasteiger partial charge in [0.25, 0.3) is 0 Å². The largest absolute Gasteiger partial charge is 0.500 e. The molecular weight excluding hydrogens is 270 g/mol. The maximum atomic E-state index is 5.39. The van der Waals surface area contributed by atoms with Crippen molar-refractivity contribution in [2.45, 2.75) is 64.3 Å². The first-order valence-electron chi connectivity index (χ1n) is 8.10. The summed E-state index contributed by atoms with van der Waals surface area (Å²) < 4.78 is 16.2. The van der Waals surface area contributed by atoms with Gasteiger partial charge in [-0.05, 0) is 25.9 Å². The normalized spacial score (nSPS) is 12.0. The van der Waals surface area contributed by atoms with Gasteiger partial charge in [-0.1, -0.05) is 45.4 Å². The van der Waals surface area contributed by atoms with Crippen LogP contribution < -0.4 is 5.32 Å². The average molecular weight is 306 g/mol. The lowest BCUT2D eigenvalue weighted by Crippen LogP contribution is -2.43. The SMILES string of the molecule is CCCCCCCCCNCCC[Si](OC)(OC)OC. The maximum absolute atomic E-state index is 5.39. The van der Waals surface area contributed by atoms with Crippen LogP contribution in [-0.4, -0.2) is 43.2 Å². The Kier molecular flexibility index (Phi) is 14.1. The van der Waals surface area contributed by atoms with Crippen molar-refractivity contribution in [2.24, 2.45) is 0 Å². The van der Waals surface area contributed by atoms with Crippen LogP contribution in [-0.2, 0) is 13.3 Å². The summed E-state index contributed by atoms with van der Waals surface area (Å²) in [4.78, 5) is 0. The van der Waals surface area contributed by atoms with E-state index in [9.17, 15) is 0 Å². The van der Waals surface area contributed by atoms with Gasteiger partial charge in [-0.15, -0.1) is 0 Å². The molecule has 0 rings (SSSR count). The Morgan fingerprint density at radius 1 is 0.700 bits per heavy atom. The molecule has 0 aliphatic carbocycles. The summed E-state index contributed by atoms with van der Waals surface area (Å²) in [5.74, 6) is 0. The van der Waals surface area contributed by atoms with E-state index >= 15 is 0 Å². The fourth-order valence-electron chi connectivity index (χ4n) is 2.32. The van der Waals surface area contributed by atoms with Crippen LogP contribution in [0.2, 0.25) is 6.04 Å². The molecule has 5 heteroatoms. The van der Waals surface area contributed by atoms with Crippen molar-refractivity contribution in [3.05, 3.63) is 0 Å². The number of hydrogen-bond donors (Lipinski definition) is 1. The van der Waals surface area contributed by atoms with Crippen molar-refractivity contribution in [3.8, 4) is 0 Å². The molecule has 0 saturated carbocycles. The Labute approximate surface area is 126 Å². The predicted molar refractivity (Wildman–Crippen MR) is 87.1 cm³/mol. The van der Waals surface area contributed by atoms with Crippen molar-refractivity contribution in [1.82, 2.24) is 5.32 Å². The summed E-state index contributed by atoms with van der Waals surface area (Å²) in [6, 6.07) is 0.876. The van der Waals surface area contributed by atoms with E-state index in [0.717, 1.165) is 25.6 Å². The topological polar surface area (TPSA) is 39.7 Å². The zero-order valence-electron chi connectivity index (χ0n) is 14.0. The zero-order valence-corrected chi connectivity index (χ0v) is 15.0. The first kappa shape index (κ1) is 20.1. The second kappa shape index (κ2) is 14.0. The molecule has 0 amide bonds. The number of unbranched alkanes of at least 4 members (excludes halogenated alkanes) is 6. The van der Waals surface area contributed by atoms with Crippen LogP contribution in [0, 0.1) is 0 Å². The van der Waals surface area contributed by atoms with E-state index in [4.69, 9.17) is 13.3 Å². The second-order valence-electron chi connectivity index (χ2n) is 5.27. The molecule has 1 N–H and O–H groups in total. The van der Waals surface area contributed by atoms with Gasteiger partial charge in [-0.25, -0.2) is 0 Å². The van der Waals surface area contributed by atoms with Gasteiger partial charge in [-0.2, -0.15) is 0 Å². The highest BCUT2D eigenvalue weighted by Crippen LogP contribution is 2.14. The Morgan fingerprint density at radius 2 is 1.20 bits per heavy atom. The van der Waals surface area contributed by atoms with Crippen molar-refractivity contribution in [1.29, 1.82) is 0 Å². The smallest absolute Gasteiger partial charge is 0.377 e. The van der Waals surface area contributed by atoms with Crippen LogP contribution in [0.4, 0.5) is 0 Å². The van der Waals surface area contributed by atoms with Gasteiger partial charge in [0.1, 0.15) is 0 Å². The van der Waals surface area contributed by atoms with Crippen molar-refractivity contribution in [2.75, 3.05) is 34.4 Å². The van der Waals surface area contributed by atoms with Crippen molar-refractivity contribution in [3.63, 3.8) is 0 Å². The molecule has 0 unspecified atom stereocenters. The molecular formula is C15H35NO3Si. The lowest BCUT2D eigenvalue weighted by molar-refractivity contribution is 0.123. The monoisotopic (exact) mass is 305 g/mol. The molecule has 122 valence electrons. The maximum Gasteiger partial charge on any atom is 0.500 e. The predicted octanol–water partition coefficient (Wildman–Crippen LogP) is 3.59. The minimum absolute atomic E-state index is 0.876. The van der Waals surface area contributed by atoms with E-state index in [1.807, 2.05) is 0 Å². The van der Waals surface area contributed by atoms with Gasteiger partial charge in [0.05, 0.1) is 0 Å². The van der Waals surface area contributed by atoms with Crippen LogP contribution in [0.3, 0.4) is 0 Å². The third-order valence-electron chi connectivity index (χ3n) is 3.73. The Hall–Kier alpha value is 0.0569. The zero-order chi connectivity index (χ0) is 15.1. The van der Waals surface area contributed by atoms with Gasteiger partial charge >= 0.3 is 8.80 Å². The lowest BCUT2D eigenvalue weighted by Gasteiger charge is -2.24. The molecule has 0 aliphatic heterocycles. The van der Waals surface area contributed by atoms with Crippen LogP contribution in [0.1, 0.15) is 58.3 Å². The lowest BCUT2D eigenvalue weighted by atomic mass is 10.1. The molecule has 4 nitrogen and oxygen atoms in total. The van der Waals surface area contributed by atoms with E-state index in [1.165, 1.54) is 44.9 Å². The Bertz CT molecular complexity index is 193. The minimum Gasteiger partial charge on any atom is -0.377 e. The fourth-order valence-corrected chi connectivity index (χ4v) is 4.04. The molecule has 0 saturated heterocycles. The van der Waals surface area contributed by atoms with Crippen LogP contribution >= 0.6 is 0 Å². The first-order valence-corrected chi connectivity index (χ1v) is 10.0. The van der Waals surface area contributed by atoms with E-state index in [0.29, 0.717) is 0 Å². The molecule has 0 aromatic heterocycles. The van der Waals surface area contributed by atoms with E-state index < -0.39 is 8.80 Å². The quantitative estimate of drug-likeness (QED) is 0.371. The molecule has 0 heterocycles. The van der Waals surface area contributed by atoms with Gasteiger partial charge < -0.3 is 18.6 Å². The molecule has 0 fully saturated rings. The van der Waals surface area contributed by atoms with Crippen molar-refractivity contribution < 1.29 is 13.3 Å². The van der Waals surface area contributed by atoms with Crippen LogP contribution in [0.5, 0.6) is 0 Å². The third-order valence-corrected chi connectivity index (χ3v) is 6.56. The van der Waals surface area contributed by atoms with Crippen LogP contribution in [0.25, 0.3) is 0 Å². The van der Waals surface area contributed by atoms with Crippen LogP contribution in [0.15, 0.2) is 0 Å². The number of nitrogens with one attached hydrogen (secondary N) is 1. The molecule has 0 aromatic carbocycles. The standard InChI is InChI=1S/C15H35NO3Si/c1-5-6-7-8-9-10-11-13-16-14-12-15-20(17-2,18-3)19-4/h16H,5-15H2,1-4H3. The van der Waals surface area contributed by atoms with E-state index in [1.54, 1.807) is 21.3 Å². The number of rotatable bonds is 15. The second-order valence-corrected chi connectivity index (χ2v) is 8.36. The third kappa shape index (κ3) is 9.88.